The zero-order valence-corrected chi connectivity index (χ0v) is 9.53. The maximum Gasteiger partial charge on any atom is 0.141 e. The van der Waals surface area contributed by atoms with E-state index in [1.54, 1.807) is 7.11 Å². The molecule has 0 fully saturated rings. The number of hydrogen-bond donors (Lipinski definition) is 1. The van der Waals surface area contributed by atoms with E-state index in [-0.39, 0.29) is 0 Å². The van der Waals surface area contributed by atoms with Crippen molar-refractivity contribution in [3.8, 4) is 16.9 Å². The van der Waals surface area contributed by atoms with E-state index in [9.17, 15) is 0 Å². The monoisotopic (exact) mass is 213 g/mol. The smallest absolute Gasteiger partial charge is 0.141 e. The van der Waals surface area contributed by atoms with Crippen LogP contribution in [0.25, 0.3) is 11.1 Å². The molecular weight excluding hydrogens is 198 g/mol. The first-order valence-corrected chi connectivity index (χ1v) is 5.21. The molecule has 2 aromatic carbocycles. The van der Waals surface area contributed by atoms with Gasteiger partial charge in [-0.2, -0.15) is 0 Å². The predicted octanol–water partition coefficient (Wildman–Crippen LogP) is 3.25. The van der Waals surface area contributed by atoms with E-state index in [0.29, 0.717) is 5.69 Å². The summed E-state index contributed by atoms with van der Waals surface area (Å²) >= 11 is 0. The van der Waals surface area contributed by atoms with E-state index >= 15 is 0 Å². The van der Waals surface area contributed by atoms with Crippen LogP contribution in [0.4, 0.5) is 5.69 Å². The summed E-state index contributed by atoms with van der Waals surface area (Å²) in [5.41, 5.74) is 10.1. The third kappa shape index (κ3) is 2.01. The lowest BCUT2D eigenvalue weighted by molar-refractivity contribution is 0.417. The van der Waals surface area contributed by atoms with Gasteiger partial charge >= 0.3 is 0 Å². The first kappa shape index (κ1) is 10.6. The first-order valence-electron chi connectivity index (χ1n) is 5.21. The molecule has 0 amide bonds. The van der Waals surface area contributed by atoms with Gasteiger partial charge in [0, 0.05) is 0 Å². The van der Waals surface area contributed by atoms with E-state index in [1.165, 1.54) is 11.1 Å². The Morgan fingerprint density at radius 1 is 0.938 bits per heavy atom. The van der Waals surface area contributed by atoms with Gasteiger partial charge < -0.3 is 10.5 Å². The molecule has 0 unspecified atom stereocenters. The number of rotatable bonds is 2. The summed E-state index contributed by atoms with van der Waals surface area (Å²) in [5.74, 6) is 0.718. The summed E-state index contributed by atoms with van der Waals surface area (Å²) in [6, 6.07) is 14.2. The van der Waals surface area contributed by atoms with Crippen LogP contribution in [-0.2, 0) is 0 Å². The molecule has 0 aromatic heterocycles. The zero-order chi connectivity index (χ0) is 11.5. The second kappa shape index (κ2) is 4.27. The van der Waals surface area contributed by atoms with Crippen LogP contribution < -0.4 is 10.5 Å². The van der Waals surface area contributed by atoms with Gasteiger partial charge in [0.25, 0.3) is 0 Å². The Morgan fingerprint density at radius 3 is 2.12 bits per heavy atom. The molecule has 0 heterocycles. The van der Waals surface area contributed by atoms with Crippen LogP contribution in [-0.4, -0.2) is 7.11 Å². The number of anilines is 1. The maximum absolute atomic E-state index is 5.87. The number of methoxy groups -OCH3 is 1. The third-order valence-corrected chi connectivity index (χ3v) is 2.61. The molecular formula is C14H15NO. The van der Waals surface area contributed by atoms with Crippen LogP contribution in [0.5, 0.6) is 5.75 Å². The fraction of sp³-hybridized carbons (Fsp3) is 0.143. The second-order valence-corrected chi connectivity index (χ2v) is 3.82. The molecule has 2 rings (SSSR count). The predicted molar refractivity (Wildman–Crippen MR) is 67.6 cm³/mol. The summed E-state index contributed by atoms with van der Waals surface area (Å²) in [7, 11) is 1.62. The largest absolute Gasteiger partial charge is 0.495 e. The Bertz CT molecular complexity index is 489. The summed E-state index contributed by atoms with van der Waals surface area (Å²) in [6.45, 7) is 2.08. The highest BCUT2D eigenvalue weighted by Gasteiger charge is 2.02. The Kier molecular flexibility index (Phi) is 2.82. The molecule has 82 valence electrons. The highest BCUT2D eigenvalue weighted by atomic mass is 16.5. The van der Waals surface area contributed by atoms with Crippen LogP contribution >= 0.6 is 0 Å². The van der Waals surface area contributed by atoms with Gasteiger partial charge in [0.15, 0.2) is 0 Å². The highest BCUT2D eigenvalue weighted by Crippen LogP contribution is 2.28. The van der Waals surface area contributed by atoms with Gasteiger partial charge in [0.1, 0.15) is 5.75 Å². The molecule has 2 N–H and O–H groups in total. The van der Waals surface area contributed by atoms with E-state index < -0.39 is 0 Å². The molecule has 2 aromatic rings. The van der Waals surface area contributed by atoms with Gasteiger partial charge in [-0.15, -0.1) is 0 Å². The molecule has 0 atom stereocenters. The zero-order valence-electron chi connectivity index (χ0n) is 9.53. The van der Waals surface area contributed by atoms with Crippen molar-refractivity contribution in [1.82, 2.24) is 0 Å². The van der Waals surface area contributed by atoms with Crippen molar-refractivity contribution in [2.75, 3.05) is 12.8 Å². The Morgan fingerprint density at radius 2 is 1.56 bits per heavy atom. The number of hydrogen-bond acceptors (Lipinski definition) is 2. The molecule has 0 aliphatic heterocycles. The third-order valence-electron chi connectivity index (χ3n) is 2.61. The first-order chi connectivity index (χ1) is 7.70. The van der Waals surface area contributed by atoms with Crippen molar-refractivity contribution in [2.45, 2.75) is 6.92 Å². The lowest BCUT2D eigenvalue weighted by Gasteiger charge is -2.07. The van der Waals surface area contributed by atoms with Crippen molar-refractivity contribution in [2.24, 2.45) is 0 Å². The maximum atomic E-state index is 5.87. The van der Waals surface area contributed by atoms with Gasteiger partial charge in [0.2, 0.25) is 0 Å². The minimum Gasteiger partial charge on any atom is -0.495 e. The summed E-state index contributed by atoms with van der Waals surface area (Å²) in [5, 5.41) is 0. The number of nitrogen functional groups attached to an aromatic ring is 1. The average Bonchev–Trinajstić information content (AvgIpc) is 2.30. The minimum absolute atomic E-state index is 0.667. The molecule has 2 heteroatoms. The van der Waals surface area contributed by atoms with Crippen LogP contribution in [0.1, 0.15) is 5.56 Å². The average molecular weight is 213 g/mol. The topological polar surface area (TPSA) is 35.2 Å². The van der Waals surface area contributed by atoms with Crippen molar-refractivity contribution in [3.05, 3.63) is 48.0 Å². The van der Waals surface area contributed by atoms with Gasteiger partial charge in [-0.25, -0.2) is 0 Å². The van der Waals surface area contributed by atoms with Gasteiger partial charge in [-0.1, -0.05) is 35.9 Å². The van der Waals surface area contributed by atoms with Crippen LogP contribution in [0.2, 0.25) is 0 Å². The SMILES string of the molecule is COc1ccc(-c2ccc(C)cc2)cc1N. The fourth-order valence-corrected chi connectivity index (χ4v) is 1.66. The quantitative estimate of drug-likeness (QED) is 0.777. The van der Waals surface area contributed by atoms with Crippen LogP contribution in [0.15, 0.2) is 42.5 Å². The molecule has 2 nitrogen and oxygen atoms in total. The van der Waals surface area contributed by atoms with Crippen molar-refractivity contribution < 1.29 is 4.74 Å². The van der Waals surface area contributed by atoms with Gasteiger partial charge in [0.05, 0.1) is 12.8 Å². The van der Waals surface area contributed by atoms with E-state index in [2.05, 4.69) is 31.2 Å². The van der Waals surface area contributed by atoms with E-state index in [0.717, 1.165) is 11.3 Å². The fourth-order valence-electron chi connectivity index (χ4n) is 1.66. The number of aryl methyl sites for hydroxylation is 1. The molecule has 0 aliphatic rings. The number of ether oxygens (including phenoxy) is 1. The summed E-state index contributed by atoms with van der Waals surface area (Å²) in [6.07, 6.45) is 0. The number of nitrogens with two attached hydrogens (primary N) is 1. The Hall–Kier alpha value is -1.96. The second-order valence-electron chi connectivity index (χ2n) is 3.82. The molecule has 0 aliphatic carbocycles. The lowest BCUT2D eigenvalue weighted by atomic mass is 10.0. The molecule has 0 saturated heterocycles. The van der Waals surface area contributed by atoms with Gasteiger partial charge in [-0.05, 0) is 30.2 Å². The minimum atomic E-state index is 0.667. The normalized spacial score (nSPS) is 10.1. The summed E-state index contributed by atoms with van der Waals surface area (Å²) < 4.78 is 5.13. The molecule has 0 bridgehead atoms. The van der Waals surface area contributed by atoms with Crippen LogP contribution in [0, 0.1) is 6.92 Å². The Labute approximate surface area is 95.7 Å². The summed E-state index contributed by atoms with van der Waals surface area (Å²) in [4.78, 5) is 0. The lowest BCUT2D eigenvalue weighted by Crippen LogP contribution is -1.92. The van der Waals surface area contributed by atoms with E-state index in [4.69, 9.17) is 10.5 Å². The molecule has 0 spiro atoms. The number of benzene rings is 2. The standard InChI is InChI=1S/C14H15NO/c1-10-3-5-11(6-4-10)12-7-8-14(16-2)13(15)9-12/h3-9H,15H2,1-2H3. The van der Waals surface area contributed by atoms with Crippen LogP contribution in [0.3, 0.4) is 0 Å². The van der Waals surface area contributed by atoms with Gasteiger partial charge in [-0.3, -0.25) is 0 Å². The highest BCUT2D eigenvalue weighted by molar-refractivity contribution is 5.70. The molecule has 16 heavy (non-hydrogen) atoms. The van der Waals surface area contributed by atoms with Crippen molar-refractivity contribution >= 4 is 5.69 Å². The molecule has 0 saturated carbocycles. The Balaban J connectivity index is 2.41. The van der Waals surface area contributed by atoms with E-state index in [1.807, 2.05) is 18.2 Å². The van der Waals surface area contributed by atoms with Crippen molar-refractivity contribution in [3.63, 3.8) is 0 Å². The molecule has 0 radical (unpaired) electrons. The van der Waals surface area contributed by atoms with Crippen molar-refractivity contribution in [1.29, 1.82) is 0 Å².